The normalized spacial score (nSPS) is 12.2. The van der Waals surface area contributed by atoms with Crippen molar-refractivity contribution in [2.24, 2.45) is 0 Å². The Labute approximate surface area is 107 Å². The number of benzene rings is 1. The van der Waals surface area contributed by atoms with Gasteiger partial charge in [-0.05, 0) is 19.1 Å². The maximum absolute atomic E-state index is 13.4. The number of rotatable bonds is 4. The lowest BCUT2D eigenvalue weighted by molar-refractivity contribution is -0.121. The molecule has 1 aromatic heterocycles. The number of nitrogens with one attached hydrogen (secondary N) is 1. The Kier molecular flexibility index (Phi) is 3.84. The number of halogens is 2. The van der Waals surface area contributed by atoms with Crippen LogP contribution in [0.2, 0.25) is 0 Å². The lowest BCUT2D eigenvalue weighted by atomic mass is 10.1. The average molecular weight is 267 g/mol. The zero-order valence-electron chi connectivity index (χ0n) is 10.1. The molecule has 100 valence electrons. The predicted octanol–water partition coefficient (Wildman–Crippen LogP) is 1.77. The number of carbonyl (C=O) groups is 1. The minimum absolute atomic E-state index is 0.264. The van der Waals surface area contributed by atoms with Gasteiger partial charge in [0.05, 0.1) is 12.5 Å². The van der Waals surface area contributed by atoms with Crippen LogP contribution in [0.4, 0.5) is 8.78 Å². The van der Waals surface area contributed by atoms with Crippen molar-refractivity contribution in [3.63, 3.8) is 0 Å². The first-order valence-electron chi connectivity index (χ1n) is 5.56. The Balaban J connectivity index is 2.02. The summed E-state index contributed by atoms with van der Waals surface area (Å²) in [6.45, 7) is 1.64. The van der Waals surface area contributed by atoms with Gasteiger partial charge in [-0.2, -0.15) is 4.98 Å². The molecule has 0 aliphatic carbocycles. The van der Waals surface area contributed by atoms with Crippen LogP contribution in [-0.4, -0.2) is 16.0 Å². The van der Waals surface area contributed by atoms with E-state index in [0.29, 0.717) is 5.82 Å². The summed E-state index contributed by atoms with van der Waals surface area (Å²) in [7, 11) is 0. The van der Waals surface area contributed by atoms with Crippen molar-refractivity contribution in [2.75, 3.05) is 0 Å². The van der Waals surface area contributed by atoms with Crippen molar-refractivity contribution in [1.29, 1.82) is 0 Å². The van der Waals surface area contributed by atoms with Crippen LogP contribution in [0.1, 0.15) is 24.4 Å². The van der Waals surface area contributed by atoms with Gasteiger partial charge < -0.3 is 9.84 Å². The van der Waals surface area contributed by atoms with E-state index < -0.39 is 23.6 Å². The third-order valence-corrected chi connectivity index (χ3v) is 2.54. The fourth-order valence-electron chi connectivity index (χ4n) is 1.59. The summed E-state index contributed by atoms with van der Waals surface area (Å²) in [5.41, 5.74) is -0.264. The van der Waals surface area contributed by atoms with E-state index in [2.05, 4.69) is 20.0 Å². The van der Waals surface area contributed by atoms with Gasteiger partial charge in [0.2, 0.25) is 12.3 Å². The predicted molar refractivity (Wildman–Crippen MR) is 60.9 cm³/mol. The topological polar surface area (TPSA) is 68.0 Å². The number of carbonyl (C=O) groups excluding carboxylic acids is 1. The van der Waals surface area contributed by atoms with E-state index in [-0.39, 0.29) is 12.0 Å². The molecule has 0 saturated heterocycles. The number of nitrogens with zero attached hydrogens (tertiary/aromatic N) is 2. The monoisotopic (exact) mass is 267 g/mol. The van der Waals surface area contributed by atoms with E-state index in [1.54, 1.807) is 6.92 Å². The lowest BCUT2D eigenvalue weighted by Crippen LogP contribution is -2.29. The first-order valence-corrected chi connectivity index (χ1v) is 5.56. The van der Waals surface area contributed by atoms with Gasteiger partial charge in [-0.3, -0.25) is 4.79 Å². The highest BCUT2D eigenvalue weighted by Crippen LogP contribution is 2.13. The molecule has 0 radical (unpaired) electrons. The Morgan fingerprint density at radius 2 is 2.11 bits per heavy atom. The highest BCUT2D eigenvalue weighted by molar-refractivity contribution is 5.79. The molecule has 19 heavy (non-hydrogen) atoms. The molecule has 2 rings (SSSR count). The van der Waals surface area contributed by atoms with Crippen molar-refractivity contribution in [2.45, 2.75) is 19.4 Å². The van der Waals surface area contributed by atoms with E-state index in [1.807, 2.05) is 0 Å². The summed E-state index contributed by atoms with van der Waals surface area (Å²) in [4.78, 5) is 15.5. The van der Waals surface area contributed by atoms with Gasteiger partial charge in [-0.1, -0.05) is 11.2 Å². The van der Waals surface area contributed by atoms with Crippen LogP contribution < -0.4 is 5.32 Å². The van der Waals surface area contributed by atoms with Gasteiger partial charge in [0.25, 0.3) is 0 Å². The molecule has 1 aromatic carbocycles. The van der Waals surface area contributed by atoms with Crippen molar-refractivity contribution >= 4 is 5.91 Å². The number of hydrogen-bond acceptors (Lipinski definition) is 4. The first kappa shape index (κ1) is 13.1. The molecule has 0 fully saturated rings. The number of aromatic nitrogens is 2. The van der Waals surface area contributed by atoms with Gasteiger partial charge in [0, 0.05) is 5.56 Å². The van der Waals surface area contributed by atoms with E-state index in [0.717, 1.165) is 18.5 Å². The Hall–Kier alpha value is -2.31. The van der Waals surface area contributed by atoms with Crippen molar-refractivity contribution in [3.05, 3.63) is 47.6 Å². The van der Waals surface area contributed by atoms with Crippen LogP contribution in [-0.2, 0) is 11.2 Å². The number of hydrogen-bond donors (Lipinski definition) is 1. The summed E-state index contributed by atoms with van der Waals surface area (Å²) in [5, 5.41) is 6.09. The summed E-state index contributed by atoms with van der Waals surface area (Å²) in [6.07, 6.45) is 0.745. The molecule has 0 aliphatic heterocycles. The van der Waals surface area contributed by atoms with E-state index in [9.17, 15) is 13.6 Å². The first-order chi connectivity index (χ1) is 9.08. The van der Waals surface area contributed by atoms with Crippen LogP contribution in [0, 0.1) is 11.6 Å². The molecule has 5 nitrogen and oxygen atoms in total. The number of amides is 1. The molecule has 1 amide bonds. The molecule has 1 atom stereocenters. The van der Waals surface area contributed by atoms with E-state index >= 15 is 0 Å². The van der Waals surface area contributed by atoms with E-state index in [4.69, 9.17) is 0 Å². The highest BCUT2D eigenvalue weighted by Gasteiger charge is 2.17. The Morgan fingerprint density at radius 1 is 1.42 bits per heavy atom. The quantitative estimate of drug-likeness (QED) is 0.916. The van der Waals surface area contributed by atoms with Gasteiger partial charge in [0.1, 0.15) is 11.6 Å². The standard InChI is InChI=1S/C12H11F2N3O2/c1-7(12-15-6-19-17-12)16-11(18)5-8-9(13)3-2-4-10(8)14/h2-4,6-7H,5H2,1H3,(H,16,18)/t7-/m0/s1. The molecular formula is C12H11F2N3O2. The zero-order valence-corrected chi connectivity index (χ0v) is 10.1. The molecule has 2 aromatic rings. The molecule has 7 heteroatoms. The van der Waals surface area contributed by atoms with Gasteiger partial charge in [0.15, 0.2) is 5.82 Å². The summed E-state index contributed by atoms with van der Waals surface area (Å²) < 4.78 is 31.3. The molecule has 0 bridgehead atoms. The molecule has 0 spiro atoms. The van der Waals surface area contributed by atoms with Crippen LogP contribution in [0.15, 0.2) is 29.1 Å². The summed E-state index contributed by atoms with van der Waals surface area (Å²) in [5.74, 6) is -1.73. The third kappa shape index (κ3) is 3.12. The van der Waals surface area contributed by atoms with Crippen molar-refractivity contribution in [3.8, 4) is 0 Å². The molecule has 0 aliphatic rings. The van der Waals surface area contributed by atoms with Crippen LogP contribution in [0.5, 0.6) is 0 Å². The zero-order chi connectivity index (χ0) is 13.8. The molecular weight excluding hydrogens is 256 g/mol. The Morgan fingerprint density at radius 3 is 2.68 bits per heavy atom. The molecule has 1 N–H and O–H groups in total. The van der Waals surface area contributed by atoms with Gasteiger partial charge in [-0.25, -0.2) is 8.78 Å². The fraction of sp³-hybridized carbons (Fsp3) is 0.250. The second-order valence-corrected chi connectivity index (χ2v) is 3.96. The SMILES string of the molecule is C[C@H](NC(=O)Cc1c(F)cccc1F)c1ncon1. The van der Waals surface area contributed by atoms with Crippen LogP contribution in [0.3, 0.4) is 0 Å². The maximum atomic E-state index is 13.4. The third-order valence-electron chi connectivity index (χ3n) is 2.54. The highest BCUT2D eigenvalue weighted by atomic mass is 19.1. The van der Waals surface area contributed by atoms with Crippen molar-refractivity contribution in [1.82, 2.24) is 15.5 Å². The minimum atomic E-state index is -0.748. The smallest absolute Gasteiger partial charge is 0.225 e. The Bertz CT molecular complexity index is 552. The van der Waals surface area contributed by atoms with Crippen LogP contribution >= 0.6 is 0 Å². The largest absolute Gasteiger partial charge is 0.346 e. The molecule has 0 saturated carbocycles. The van der Waals surface area contributed by atoms with E-state index in [1.165, 1.54) is 6.07 Å². The second-order valence-electron chi connectivity index (χ2n) is 3.96. The van der Waals surface area contributed by atoms with Crippen LogP contribution in [0.25, 0.3) is 0 Å². The molecule has 1 heterocycles. The fourth-order valence-corrected chi connectivity index (χ4v) is 1.59. The van der Waals surface area contributed by atoms with Gasteiger partial charge in [-0.15, -0.1) is 0 Å². The average Bonchev–Trinajstić information content (AvgIpc) is 2.88. The second kappa shape index (κ2) is 5.55. The maximum Gasteiger partial charge on any atom is 0.225 e. The lowest BCUT2D eigenvalue weighted by Gasteiger charge is -2.10. The minimum Gasteiger partial charge on any atom is -0.346 e. The summed E-state index contributed by atoms with van der Waals surface area (Å²) in [6, 6.07) is 2.96. The van der Waals surface area contributed by atoms with Gasteiger partial charge >= 0.3 is 0 Å². The van der Waals surface area contributed by atoms with Crippen molar-refractivity contribution < 1.29 is 18.1 Å². The molecule has 0 unspecified atom stereocenters. The summed E-state index contributed by atoms with van der Waals surface area (Å²) >= 11 is 0.